The van der Waals surface area contributed by atoms with Crippen LogP contribution in [0, 0.1) is 0 Å². The number of piperidine rings is 1. The van der Waals surface area contributed by atoms with Crippen molar-refractivity contribution in [3.63, 3.8) is 0 Å². The lowest BCUT2D eigenvalue weighted by molar-refractivity contribution is -0.192. The molecule has 1 aromatic heterocycles. The van der Waals surface area contributed by atoms with E-state index >= 15 is 0 Å². The van der Waals surface area contributed by atoms with Gasteiger partial charge in [0.05, 0.1) is 17.1 Å². The van der Waals surface area contributed by atoms with Crippen LogP contribution < -0.4 is 10.1 Å². The summed E-state index contributed by atoms with van der Waals surface area (Å²) in [4.78, 5) is 19.2. The van der Waals surface area contributed by atoms with Crippen molar-refractivity contribution in [2.24, 2.45) is 0 Å². The Balaban J connectivity index is 1.22. The Bertz CT molecular complexity index is 1400. The van der Waals surface area contributed by atoms with Crippen molar-refractivity contribution in [3.05, 3.63) is 59.3 Å². The molecule has 3 aliphatic carbocycles. The van der Waals surface area contributed by atoms with Crippen molar-refractivity contribution in [3.8, 4) is 11.5 Å². The maximum Gasteiger partial charge on any atom is 0.252 e. The Morgan fingerprint density at radius 2 is 2.03 bits per heavy atom. The van der Waals surface area contributed by atoms with Crippen LogP contribution in [-0.4, -0.2) is 62.4 Å². The topological polar surface area (TPSA) is 97.8 Å². The number of benzene rings is 2. The van der Waals surface area contributed by atoms with Crippen molar-refractivity contribution in [1.82, 2.24) is 15.2 Å². The minimum atomic E-state index is -0.938. The first kappa shape index (κ1) is 20.2. The lowest BCUT2D eigenvalue weighted by atomic mass is 9.48. The lowest BCUT2D eigenvalue weighted by Crippen LogP contribution is -2.78. The first-order valence-electron chi connectivity index (χ1n) is 12.9. The fourth-order valence-electron chi connectivity index (χ4n) is 8.10. The number of phenolic OH excluding ortho intramolecular Hbond substituents is 1. The van der Waals surface area contributed by atoms with Crippen molar-refractivity contribution in [2.45, 2.75) is 73.8 Å². The molecule has 1 saturated heterocycles. The van der Waals surface area contributed by atoms with E-state index < -0.39 is 17.1 Å². The number of aromatic amines is 1. The molecular formula is C28H29N3O4. The van der Waals surface area contributed by atoms with E-state index in [-0.39, 0.29) is 23.7 Å². The van der Waals surface area contributed by atoms with E-state index in [9.17, 15) is 15.0 Å². The van der Waals surface area contributed by atoms with Crippen LogP contribution in [0.2, 0.25) is 0 Å². The second-order valence-electron chi connectivity index (χ2n) is 11.2. The van der Waals surface area contributed by atoms with E-state index in [0.29, 0.717) is 30.2 Å². The van der Waals surface area contributed by atoms with Crippen LogP contribution in [0.3, 0.4) is 0 Å². The van der Waals surface area contributed by atoms with Gasteiger partial charge in [-0.25, -0.2) is 0 Å². The number of fused-ring (bicyclic) bond motifs is 1. The molecule has 1 amide bonds. The molecule has 3 fully saturated rings. The van der Waals surface area contributed by atoms with E-state index in [1.54, 1.807) is 6.07 Å². The first-order chi connectivity index (χ1) is 17.0. The fraction of sp³-hybridized carbons (Fsp3) is 0.464. The number of aromatic hydroxyl groups is 1. The average Bonchev–Trinajstić information content (AvgIpc) is 3.45. The SMILES string of the molecule is O=C(N[C@@H]1CC[C@@]2(O)[C@H]3Cc4ccc(O)c5c4[C@@]2(CCN3C2CC2)C1O5)c1cccc2[nH]ccc12. The van der Waals surface area contributed by atoms with E-state index in [0.717, 1.165) is 35.9 Å². The molecule has 2 aromatic carbocycles. The molecular weight excluding hydrogens is 442 g/mol. The van der Waals surface area contributed by atoms with Gasteiger partial charge < -0.3 is 25.3 Å². The molecule has 7 heteroatoms. The number of hydrogen-bond acceptors (Lipinski definition) is 5. The molecule has 35 heavy (non-hydrogen) atoms. The van der Waals surface area contributed by atoms with Gasteiger partial charge in [-0.05, 0) is 74.9 Å². The molecule has 5 atom stereocenters. The second-order valence-corrected chi connectivity index (χ2v) is 11.2. The number of ether oxygens (including phenoxy) is 1. The highest BCUT2D eigenvalue weighted by Crippen LogP contribution is 2.66. The van der Waals surface area contributed by atoms with Gasteiger partial charge in [-0.2, -0.15) is 0 Å². The number of rotatable bonds is 3. The largest absolute Gasteiger partial charge is 0.504 e. The summed E-state index contributed by atoms with van der Waals surface area (Å²) in [5, 5.41) is 27.5. The Morgan fingerprint density at radius 3 is 2.89 bits per heavy atom. The molecule has 5 aliphatic rings. The van der Waals surface area contributed by atoms with Crippen LogP contribution in [0.5, 0.6) is 11.5 Å². The Kier molecular flexibility index (Phi) is 3.80. The zero-order chi connectivity index (χ0) is 23.5. The first-order valence-corrected chi connectivity index (χ1v) is 12.9. The van der Waals surface area contributed by atoms with Gasteiger partial charge >= 0.3 is 0 Å². The molecule has 2 saturated carbocycles. The summed E-state index contributed by atoms with van der Waals surface area (Å²) < 4.78 is 6.56. The van der Waals surface area contributed by atoms with Gasteiger partial charge in [-0.15, -0.1) is 0 Å². The normalized spacial score (nSPS) is 34.9. The predicted molar refractivity (Wildman–Crippen MR) is 130 cm³/mol. The molecule has 0 radical (unpaired) electrons. The third-order valence-corrected chi connectivity index (χ3v) is 9.68. The number of H-pyrrole nitrogens is 1. The number of aliphatic hydroxyl groups is 1. The molecule has 2 aliphatic heterocycles. The lowest BCUT2D eigenvalue weighted by Gasteiger charge is -2.64. The predicted octanol–water partition coefficient (Wildman–Crippen LogP) is 2.99. The highest BCUT2D eigenvalue weighted by atomic mass is 16.5. The van der Waals surface area contributed by atoms with Gasteiger partial charge in [0.2, 0.25) is 0 Å². The number of amides is 1. The molecule has 1 unspecified atom stereocenters. The van der Waals surface area contributed by atoms with Crippen LogP contribution in [0.15, 0.2) is 42.6 Å². The number of carbonyl (C=O) groups is 1. The Labute approximate surface area is 203 Å². The Morgan fingerprint density at radius 1 is 1.14 bits per heavy atom. The van der Waals surface area contributed by atoms with Gasteiger partial charge in [0, 0.05) is 40.3 Å². The van der Waals surface area contributed by atoms with Gasteiger partial charge in [0.15, 0.2) is 11.5 Å². The number of nitrogens with zero attached hydrogens (tertiary/aromatic N) is 1. The summed E-state index contributed by atoms with van der Waals surface area (Å²) in [6.45, 7) is 0.912. The summed E-state index contributed by atoms with van der Waals surface area (Å²) in [5.74, 6) is 0.507. The number of aromatic nitrogens is 1. The average molecular weight is 472 g/mol. The van der Waals surface area contributed by atoms with Crippen LogP contribution in [0.25, 0.3) is 10.9 Å². The summed E-state index contributed by atoms with van der Waals surface area (Å²) in [5.41, 5.74) is 2.16. The van der Waals surface area contributed by atoms with Gasteiger partial charge in [0.25, 0.3) is 5.91 Å². The fourth-order valence-corrected chi connectivity index (χ4v) is 8.10. The molecule has 7 nitrogen and oxygen atoms in total. The molecule has 3 aromatic rings. The Hall–Kier alpha value is -3.03. The summed E-state index contributed by atoms with van der Waals surface area (Å²) in [6.07, 6.45) is 6.63. The van der Waals surface area contributed by atoms with E-state index in [1.807, 2.05) is 36.5 Å². The summed E-state index contributed by atoms with van der Waals surface area (Å²) in [7, 11) is 0. The van der Waals surface area contributed by atoms with E-state index in [2.05, 4.69) is 15.2 Å². The summed E-state index contributed by atoms with van der Waals surface area (Å²) in [6, 6.07) is 11.7. The zero-order valence-electron chi connectivity index (χ0n) is 19.5. The third-order valence-electron chi connectivity index (χ3n) is 9.68. The van der Waals surface area contributed by atoms with Crippen LogP contribution in [0.1, 0.15) is 53.6 Å². The third kappa shape index (κ3) is 2.40. The second kappa shape index (κ2) is 6.59. The molecule has 1 spiro atoms. The monoisotopic (exact) mass is 471 g/mol. The maximum absolute atomic E-state index is 13.5. The number of phenols is 1. The number of nitrogens with one attached hydrogen (secondary N) is 2. The quantitative estimate of drug-likeness (QED) is 0.471. The van der Waals surface area contributed by atoms with Gasteiger partial charge in [-0.1, -0.05) is 12.1 Å². The number of likely N-dealkylation sites (tertiary alicyclic amines) is 1. The van der Waals surface area contributed by atoms with E-state index in [1.165, 1.54) is 18.4 Å². The van der Waals surface area contributed by atoms with Crippen LogP contribution >= 0.6 is 0 Å². The zero-order valence-corrected chi connectivity index (χ0v) is 19.5. The molecule has 180 valence electrons. The van der Waals surface area contributed by atoms with Crippen LogP contribution in [0.4, 0.5) is 0 Å². The maximum atomic E-state index is 13.5. The van der Waals surface area contributed by atoms with Crippen LogP contribution in [-0.2, 0) is 11.8 Å². The smallest absolute Gasteiger partial charge is 0.252 e. The van der Waals surface area contributed by atoms with Crippen molar-refractivity contribution >= 4 is 16.8 Å². The highest BCUT2D eigenvalue weighted by molar-refractivity contribution is 6.06. The molecule has 2 bridgehead atoms. The number of hydrogen-bond donors (Lipinski definition) is 4. The van der Waals surface area contributed by atoms with Gasteiger partial charge in [0.1, 0.15) is 6.10 Å². The highest BCUT2D eigenvalue weighted by Gasteiger charge is 2.73. The van der Waals surface area contributed by atoms with Crippen molar-refractivity contribution in [2.75, 3.05) is 6.54 Å². The summed E-state index contributed by atoms with van der Waals surface area (Å²) >= 11 is 0. The molecule has 3 heterocycles. The number of carbonyl (C=O) groups excluding carboxylic acids is 1. The van der Waals surface area contributed by atoms with Crippen molar-refractivity contribution in [1.29, 1.82) is 0 Å². The standard InChI is InChI=1S/C28H29N3O4/c32-21-7-4-15-14-22-28(34)10-8-20(30-26(33)18-2-1-3-19-17(18)9-12-29-19)25-27(28,23(15)24(21)35-25)11-13-31(22)16-5-6-16/h1-4,7,9,12,16,20,22,25,29,32,34H,5-6,8,10-11,13-14H2,(H,30,33)/t20-,22-,25?,27+,28-/m1/s1. The van der Waals surface area contributed by atoms with E-state index in [4.69, 9.17) is 4.74 Å². The van der Waals surface area contributed by atoms with Crippen molar-refractivity contribution < 1.29 is 19.7 Å². The minimum Gasteiger partial charge on any atom is -0.504 e. The minimum absolute atomic E-state index is 0.0445. The molecule has 8 rings (SSSR count). The molecule has 4 N–H and O–H groups in total. The van der Waals surface area contributed by atoms with Gasteiger partial charge in [-0.3, -0.25) is 9.69 Å².